The van der Waals surface area contributed by atoms with Gasteiger partial charge in [-0.3, -0.25) is 0 Å². The number of hydrogen-bond acceptors (Lipinski definition) is 5. The van der Waals surface area contributed by atoms with Gasteiger partial charge in [0, 0.05) is 25.3 Å². The molecule has 0 aliphatic rings. The number of rotatable bonds is 2. The summed E-state index contributed by atoms with van der Waals surface area (Å²) in [5.41, 5.74) is 7.68. The van der Waals surface area contributed by atoms with E-state index in [4.69, 9.17) is 5.73 Å². The third-order valence-corrected chi connectivity index (χ3v) is 2.83. The van der Waals surface area contributed by atoms with E-state index < -0.39 is 0 Å². The van der Waals surface area contributed by atoms with Gasteiger partial charge in [0.15, 0.2) is 0 Å². The van der Waals surface area contributed by atoms with Crippen LogP contribution in [0.4, 0.5) is 11.6 Å². The molecule has 0 atom stereocenters. The molecule has 2 aromatic rings. The number of nitrogens with two attached hydrogens (primary N) is 1. The van der Waals surface area contributed by atoms with Crippen LogP contribution in [0.25, 0.3) is 10.6 Å². The molecule has 0 unspecified atom stereocenters. The molecule has 0 saturated heterocycles. The zero-order valence-corrected chi connectivity index (χ0v) is 9.45. The molecular weight excluding hydrogens is 208 g/mol. The zero-order chi connectivity index (χ0) is 10.8. The summed E-state index contributed by atoms with van der Waals surface area (Å²) in [6.45, 7) is 0. The van der Waals surface area contributed by atoms with Crippen molar-refractivity contribution in [1.82, 2.24) is 9.36 Å². The van der Waals surface area contributed by atoms with Crippen LogP contribution in [-0.2, 0) is 0 Å². The summed E-state index contributed by atoms with van der Waals surface area (Å²) in [7, 11) is 4.02. The Bertz CT molecular complexity index is 464. The van der Waals surface area contributed by atoms with Gasteiger partial charge in [-0.1, -0.05) is 12.1 Å². The van der Waals surface area contributed by atoms with Gasteiger partial charge < -0.3 is 10.6 Å². The number of nitrogen functional groups attached to an aromatic ring is 1. The van der Waals surface area contributed by atoms with Gasteiger partial charge in [-0.05, 0) is 23.7 Å². The molecule has 0 aliphatic carbocycles. The minimum absolute atomic E-state index is 0.338. The normalized spacial score (nSPS) is 10.3. The van der Waals surface area contributed by atoms with E-state index in [0.29, 0.717) is 5.95 Å². The number of hydrogen-bond donors (Lipinski definition) is 1. The fraction of sp³-hybridized carbons (Fsp3) is 0.200. The molecule has 0 spiro atoms. The van der Waals surface area contributed by atoms with Crippen LogP contribution in [0, 0.1) is 0 Å². The summed E-state index contributed by atoms with van der Waals surface area (Å²) >= 11 is 1.32. The second kappa shape index (κ2) is 3.86. The second-order valence-corrected chi connectivity index (χ2v) is 4.15. The lowest BCUT2D eigenvalue weighted by molar-refractivity contribution is 1.13. The van der Waals surface area contributed by atoms with Crippen molar-refractivity contribution in [1.29, 1.82) is 0 Å². The fourth-order valence-electron chi connectivity index (χ4n) is 1.27. The van der Waals surface area contributed by atoms with Crippen molar-refractivity contribution in [3.8, 4) is 10.6 Å². The van der Waals surface area contributed by atoms with Gasteiger partial charge in [0.05, 0.1) is 0 Å². The molecule has 0 amide bonds. The van der Waals surface area contributed by atoms with Crippen LogP contribution in [0.15, 0.2) is 24.3 Å². The Morgan fingerprint density at radius 2 is 2.13 bits per heavy atom. The van der Waals surface area contributed by atoms with Gasteiger partial charge in [-0.25, -0.2) is 0 Å². The summed E-state index contributed by atoms with van der Waals surface area (Å²) in [4.78, 5) is 6.20. The molecule has 0 aliphatic heterocycles. The Balaban J connectivity index is 2.41. The molecule has 0 saturated carbocycles. The summed E-state index contributed by atoms with van der Waals surface area (Å²) in [5, 5.41) is 0.858. The average Bonchev–Trinajstić information content (AvgIpc) is 2.65. The third kappa shape index (κ3) is 2.07. The Labute approximate surface area is 92.5 Å². The first-order valence-corrected chi connectivity index (χ1v) is 5.31. The maximum absolute atomic E-state index is 5.49. The predicted molar refractivity (Wildman–Crippen MR) is 64.1 cm³/mol. The molecule has 1 aromatic heterocycles. The molecule has 0 bridgehead atoms. The highest BCUT2D eigenvalue weighted by Crippen LogP contribution is 2.25. The molecule has 0 fully saturated rings. The number of nitrogens with zero attached hydrogens (tertiary/aromatic N) is 3. The molecule has 15 heavy (non-hydrogen) atoms. The van der Waals surface area contributed by atoms with Crippen molar-refractivity contribution in [3.05, 3.63) is 24.3 Å². The first kappa shape index (κ1) is 9.92. The SMILES string of the molecule is CN(C)c1cccc(-c2nc(N)ns2)c1. The van der Waals surface area contributed by atoms with Crippen molar-refractivity contribution in [2.24, 2.45) is 0 Å². The van der Waals surface area contributed by atoms with Gasteiger partial charge in [0.2, 0.25) is 5.95 Å². The summed E-state index contributed by atoms with van der Waals surface area (Å²) in [5.74, 6) is 0.338. The summed E-state index contributed by atoms with van der Waals surface area (Å²) < 4.78 is 3.96. The molecular formula is C10H12N4S. The monoisotopic (exact) mass is 220 g/mol. The first-order valence-electron chi connectivity index (χ1n) is 4.54. The van der Waals surface area contributed by atoms with Crippen molar-refractivity contribution >= 4 is 23.2 Å². The third-order valence-electron chi connectivity index (χ3n) is 2.05. The van der Waals surface area contributed by atoms with Gasteiger partial charge in [-0.2, -0.15) is 9.36 Å². The van der Waals surface area contributed by atoms with Crippen molar-refractivity contribution < 1.29 is 0 Å². The number of anilines is 2. The average molecular weight is 220 g/mol. The molecule has 1 aromatic carbocycles. The van der Waals surface area contributed by atoms with E-state index in [0.717, 1.165) is 16.3 Å². The molecule has 4 nitrogen and oxygen atoms in total. The molecule has 1 heterocycles. The van der Waals surface area contributed by atoms with E-state index in [9.17, 15) is 0 Å². The van der Waals surface area contributed by atoms with E-state index in [-0.39, 0.29) is 0 Å². The van der Waals surface area contributed by atoms with Gasteiger partial charge >= 0.3 is 0 Å². The first-order chi connectivity index (χ1) is 7.16. The Morgan fingerprint density at radius 1 is 1.33 bits per heavy atom. The van der Waals surface area contributed by atoms with Crippen molar-refractivity contribution in [2.45, 2.75) is 0 Å². The van der Waals surface area contributed by atoms with Crippen molar-refractivity contribution in [3.63, 3.8) is 0 Å². The summed E-state index contributed by atoms with van der Waals surface area (Å²) in [6, 6.07) is 8.13. The summed E-state index contributed by atoms with van der Waals surface area (Å²) in [6.07, 6.45) is 0. The van der Waals surface area contributed by atoms with Crippen LogP contribution in [0.5, 0.6) is 0 Å². The van der Waals surface area contributed by atoms with E-state index in [1.165, 1.54) is 11.5 Å². The lowest BCUT2D eigenvalue weighted by Crippen LogP contribution is -2.08. The van der Waals surface area contributed by atoms with Gasteiger partial charge in [-0.15, -0.1) is 0 Å². The van der Waals surface area contributed by atoms with E-state index in [1.807, 2.05) is 37.2 Å². The Morgan fingerprint density at radius 3 is 2.73 bits per heavy atom. The van der Waals surface area contributed by atoms with Gasteiger partial charge in [0.1, 0.15) is 5.01 Å². The second-order valence-electron chi connectivity index (χ2n) is 3.40. The Kier molecular flexibility index (Phi) is 2.55. The maximum atomic E-state index is 5.49. The van der Waals surface area contributed by atoms with E-state index in [1.54, 1.807) is 0 Å². The van der Waals surface area contributed by atoms with Crippen LogP contribution >= 0.6 is 11.5 Å². The highest BCUT2D eigenvalue weighted by Gasteiger charge is 2.05. The molecule has 0 radical (unpaired) electrons. The highest BCUT2D eigenvalue weighted by molar-refractivity contribution is 7.09. The van der Waals surface area contributed by atoms with Crippen LogP contribution in [0.3, 0.4) is 0 Å². The lowest BCUT2D eigenvalue weighted by atomic mass is 10.2. The minimum Gasteiger partial charge on any atom is -0.378 e. The van der Waals surface area contributed by atoms with Crippen LogP contribution in [-0.4, -0.2) is 23.5 Å². The smallest absolute Gasteiger partial charge is 0.232 e. The molecule has 78 valence electrons. The van der Waals surface area contributed by atoms with E-state index >= 15 is 0 Å². The maximum Gasteiger partial charge on any atom is 0.232 e. The minimum atomic E-state index is 0.338. The molecule has 5 heteroatoms. The lowest BCUT2D eigenvalue weighted by Gasteiger charge is -2.12. The van der Waals surface area contributed by atoms with E-state index in [2.05, 4.69) is 15.4 Å². The van der Waals surface area contributed by atoms with Crippen LogP contribution in [0.2, 0.25) is 0 Å². The van der Waals surface area contributed by atoms with Gasteiger partial charge in [0.25, 0.3) is 0 Å². The molecule has 2 N–H and O–H groups in total. The highest BCUT2D eigenvalue weighted by atomic mass is 32.1. The Hall–Kier alpha value is -1.62. The topological polar surface area (TPSA) is 55.0 Å². The molecule has 2 rings (SSSR count). The number of aromatic nitrogens is 2. The largest absolute Gasteiger partial charge is 0.378 e. The van der Waals surface area contributed by atoms with Crippen LogP contribution in [0.1, 0.15) is 0 Å². The van der Waals surface area contributed by atoms with Crippen LogP contribution < -0.4 is 10.6 Å². The standard InChI is InChI=1S/C10H12N4S/c1-14(2)8-5-3-4-7(6-8)9-12-10(11)13-15-9/h3-6H,1-2H3,(H2,11,13). The zero-order valence-electron chi connectivity index (χ0n) is 8.64. The predicted octanol–water partition coefficient (Wildman–Crippen LogP) is 1.85. The quantitative estimate of drug-likeness (QED) is 0.839. The number of benzene rings is 1. The van der Waals surface area contributed by atoms with Crippen molar-refractivity contribution in [2.75, 3.05) is 24.7 Å². The fourth-order valence-corrected chi connectivity index (χ4v) is 1.86.